The van der Waals surface area contributed by atoms with E-state index in [1.807, 2.05) is 50.2 Å². The zero-order valence-electron chi connectivity index (χ0n) is 13.4. The number of nitrogens with one attached hydrogen (secondary N) is 1. The van der Waals surface area contributed by atoms with Gasteiger partial charge in [0.2, 0.25) is 0 Å². The Balaban J connectivity index is 1.68. The third kappa shape index (κ3) is 3.97. The van der Waals surface area contributed by atoms with Crippen LogP contribution in [0, 0.1) is 0 Å². The minimum atomic E-state index is -0.237. The van der Waals surface area contributed by atoms with Crippen LogP contribution in [0.3, 0.4) is 0 Å². The summed E-state index contributed by atoms with van der Waals surface area (Å²) in [6, 6.07) is 11.0. The molecule has 0 saturated heterocycles. The van der Waals surface area contributed by atoms with Crippen LogP contribution >= 0.6 is 11.3 Å². The minimum absolute atomic E-state index is 0.117. The van der Waals surface area contributed by atoms with Crippen LogP contribution in [-0.4, -0.2) is 22.0 Å². The van der Waals surface area contributed by atoms with Crippen molar-refractivity contribution in [2.45, 2.75) is 20.0 Å². The van der Waals surface area contributed by atoms with Gasteiger partial charge in [0.15, 0.2) is 0 Å². The van der Waals surface area contributed by atoms with Gasteiger partial charge in [-0.2, -0.15) is 0 Å². The maximum atomic E-state index is 12.3. The topological polar surface area (TPSA) is 64.1 Å². The fraction of sp³-hybridized carbons (Fsp3) is 0.167. The van der Waals surface area contributed by atoms with E-state index in [0.717, 1.165) is 16.3 Å². The van der Waals surface area contributed by atoms with Gasteiger partial charge in [0, 0.05) is 29.0 Å². The largest absolute Gasteiger partial charge is 0.491 e. The van der Waals surface area contributed by atoms with E-state index in [1.165, 1.54) is 11.3 Å². The molecule has 0 atom stereocenters. The molecule has 1 amide bonds. The second-order valence-electron chi connectivity index (χ2n) is 5.42. The number of pyridine rings is 1. The van der Waals surface area contributed by atoms with E-state index in [0.29, 0.717) is 11.4 Å². The third-order valence-electron chi connectivity index (χ3n) is 3.13. The van der Waals surface area contributed by atoms with Crippen LogP contribution < -0.4 is 10.1 Å². The van der Waals surface area contributed by atoms with Crippen LogP contribution in [0.2, 0.25) is 0 Å². The molecular formula is C18H17N3O2S. The molecule has 0 saturated carbocycles. The Morgan fingerprint density at radius 2 is 2.00 bits per heavy atom. The lowest BCUT2D eigenvalue weighted by Crippen LogP contribution is -2.12. The van der Waals surface area contributed by atoms with Gasteiger partial charge in [-0.3, -0.25) is 9.78 Å². The van der Waals surface area contributed by atoms with Crippen molar-refractivity contribution in [1.29, 1.82) is 0 Å². The molecule has 0 aliphatic carbocycles. The highest BCUT2D eigenvalue weighted by molar-refractivity contribution is 7.13. The second-order valence-corrected chi connectivity index (χ2v) is 6.28. The lowest BCUT2D eigenvalue weighted by molar-refractivity contribution is 0.102. The number of carbonyl (C=O) groups excluding carboxylic acids is 1. The molecule has 0 spiro atoms. The summed E-state index contributed by atoms with van der Waals surface area (Å²) in [7, 11) is 0. The summed E-state index contributed by atoms with van der Waals surface area (Å²) >= 11 is 1.42. The first-order chi connectivity index (χ1) is 11.6. The molecule has 122 valence electrons. The standard InChI is InChI=1S/C18H17N3O2S/c1-12(2)23-15-7-5-14(6-8-15)20-17(22)16-11-24-18(21-16)13-4-3-9-19-10-13/h3-12H,1-2H3,(H,20,22). The van der Waals surface area contributed by atoms with E-state index in [9.17, 15) is 4.79 Å². The van der Waals surface area contributed by atoms with Crippen LogP contribution in [0.1, 0.15) is 24.3 Å². The number of nitrogens with zero attached hydrogens (tertiary/aromatic N) is 2. The van der Waals surface area contributed by atoms with E-state index < -0.39 is 0 Å². The van der Waals surface area contributed by atoms with Crippen molar-refractivity contribution in [1.82, 2.24) is 9.97 Å². The normalized spacial score (nSPS) is 10.6. The monoisotopic (exact) mass is 339 g/mol. The van der Waals surface area contributed by atoms with E-state index >= 15 is 0 Å². The molecule has 0 fully saturated rings. The molecule has 0 unspecified atom stereocenters. The number of anilines is 1. The summed E-state index contributed by atoms with van der Waals surface area (Å²) in [5, 5.41) is 5.35. The number of hydrogen-bond donors (Lipinski definition) is 1. The minimum Gasteiger partial charge on any atom is -0.491 e. The smallest absolute Gasteiger partial charge is 0.275 e. The van der Waals surface area contributed by atoms with Gasteiger partial charge < -0.3 is 10.1 Å². The third-order valence-corrected chi connectivity index (χ3v) is 4.02. The maximum Gasteiger partial charge on any atom is 0.275 e. The van der Waals surface area contributed by atoms with Crippen molar-refractivity contribution in [2.75, 3.05) is 5.32 Å². The van der Waals surface area contributed by atoms with E-state index in [1.54, 1.807) is 17.8 Å². The molecule has 24 heavy (non-hydrogen) atoms. The number of hydrogen-bond acceptors (Lipinski definition) is 5. The van der Waals surface area contributed by atoms with Gasteiger partial charge in [-0.25, -0.2) is 4.98 Å². The molecule has 0 bridgehead atoms. The van der Waals surface area contributed by atoms with Gasteiger partial charge in [0.1, 0.15) is 16.5 Å². The van der Waals surface area contributed by atoms with Crippen molar-refractivity contribution in [3.05, 3.63) is 59.9 Å². The summed E-state index contributed by atoms with van der Waals surface area (Å²) in [6.45, 7) is 3.94. The molecule has 0 aliphatic heterocycles. The summed E-state index contributed by atoms with van der Waals surface area (Å²) in [4.78, 5) is 20.7. The number of amides is 1. The number of aromatic nitrogens is 2. The lowest BCUT2D eigenvalue weighted by atomic mass is 10.3. The average molecular weight is 339 g/mol. The van der Waals surface area contributed by atoms with E-state index in [-0.39, 0.29) is 12.0 Å². The van der Waals surface area contributed by atoms with Crippen LogP contribution in [0.4, 0.5) is 5.69 Å². The Hall–Kier alpha value is -2.73. The molecule has 0 aliphatic rings. The first kappa shape index (κ1) is 16.1. The summed E-state index contributed by atoms with van der Waals surface area (Å²) in [5.41, 5.74) is 1.99. The van der Waals surface area contributed by atoms with Crippen molar-refractivity contribution >= 4 is 22.9 Å². The zero-order valence-corrected chi connectivity index (χ0v) is 14.2. The first-order valence-corrected chi connectivity index (χ1v) is 8.44. The molecule has 1 aromatic carbocycles. The van der Waals surface area contributed by atoms with Gasteiger partial charge >= 0.3 is 0 Å². The predicted octanol–water partition coefficient (Wildman–Crippen LogP) is 4.24. The highest BCUT2D eigenvalue weighted by atomic mass is 32.1. The highest BCUT2D eigenvalue weighted by Gasteiger charge is 2.12. The molecule has 1 N–H and O–H groups in total. The lowest BCUT2D eigenvalue weighted by Gasteiger charge is -2.10. The number of benzene rings is 1. The summed E-state index contributed by atoms with van der Waals surface area (Å²) < 4.78 is 5.58. The quantitative estimate of drug-likeness (QED) is 0.755. The molecule has 3 aromatic rings. The van der Waals surface area contributed by atoms with E-state index in [2.05, 4.69) is 15.3 Å². The SMILES string of the molecule is CC(C)Oc1ccc(NC(=O)c2csc(-c3cccnc3)n2)cc1. The first-order valence-electron chi connectivity index (χ1n) is 7.56. The molecule has 0 radical (unpaired) electrons. The summed E-state index contributed by atoms with van der Waals surface area (Å²) in [6.07, 6.45) is 3.55. The maximum absolute atomic E-state index is 12.3. The fourth-order valence-corrected chi connectivity index (χ4v) is 2.87. The Morgan fingerprint density at radius 3 is 2.67 bits per heavy atom. The van der Waals surface area contributed by atoms with Crippen molar-refractivity contribution in [3.63, 3.8) is 0 Å². The van der Waals surface area contributed by atoms with Gasteiger partial charge in [0.05, 0.1) is 6.10 Å². The van der Waals surface area contributed by atoms with Gasteiger partial charge in [-0.05, 0) is 50.2 Å². The zero-order chi connectivity index (χ0) is 16.9. The Morgan fingerprint density at radius 1 is 1.21 bits per heavy atom. The molecule has 6 heteroatoms. The van der Waals surface area contributed by atoms with Crippen LogP contribution in [0.5, 0.6) is 5.75 Å². The van der Waals surface area contributed by atoms with Crippen LogP contribution in [0.15, 0.2) is 54.2 Å². The molecular weight excluding hydrogens is 322 g/mol. The van der Waals surface area contributed by atoms with Crippen LogP contribution in [0.25, 0.3) is 10.6 Å². The average Bonchev–Trinajstić information content (AvgIpc) is 3.07. The van der Waals surface area contributed by atoms with Crippen molar-refractivity contribution in [2.24, 2.45) is 0 Å². The molecule has 5 nitrogen and oxygen atoms in total. The Bertz CT molecular complexity index is 814. The number of carbonyl (C=O) groups is 1. The Labute approximate surface area is 144 Å². The van der Waals surface area contributed by atoms with Crippen molar-refractivity contribution < 1.29 is 9.53 Å². The highest BCUT2D eigenvalue weighted by Crippen LogP contribution is 2.23. The fourth-order valence-electron chi connectivity index (χ4n) is 2.08. The number of ether oxygens (including phenoxy) is 1. The molecule has 2 heterocycles. The second kappa shape index (κ2) is 7.23. The van der Waals surface area contributed by atoms with Gasteiger partial charge in [-0.15, -0.1) is 11.3 Å². The van der Waals surface area contributed by atoms with Gasteiger partial charge in [-0.1, -0.05) is 0 Å². The van der Waals surface area contributed by atoms with E-state index in [4.69, 9.17) is 4.74 Å². The Kier molecular flexibility index (Phi) is 4.86. The van der Waals surface area contributed by atoms with Gasteiger partial charge in [0.25, 0.3) is 5.91 Å². The number of thiazole rings is 1. The van der Waals surface area contributed by atoms with Crippen LogP contribution in [-0.2, 0) is 0 Å². The van der Waals surface area contributed by atoms with Crippen molar-refractivity contribution in [3.8, 4) is 16.3 Å². The number of rotatable bonds is 5. The molecule has 3 rings (SSSR count). The predicted molar refractivity (Wildman–Crippen MR) is 95.5 cm³/mol. The summed E-state index contributed by atoms with van der Waals surface area (Å²) in [5.74, 6) is 0.537. The molecule has 2 aromatic heterocycles.